The number of aromatic hydroxyl groups is 1. The SMILES string of the molecule is Cl.Oc1c(Cl)cc(Cl)cc1[C@H](CCC(F)(F)F)N1CCNCC1. The molecular weight excluding hydrogens is 376 g/mol. The zero-order valence-electron chi connectivity index (χ0n) is 12.2. The van der Waals surface area contributed by atoms with Crippen LogP contribution in [0.15, 0.2) is 12.1 Å². The number of piperazine rings is 1. The number of nitrogens with one attached hydrogen (secondary N) is 1. The van der Waals surface area contributed by atoms with E-state index in [-0.39, 0.29) is 29.6 Å². The number of benzene rings is 1. The van der Waals surface area contributed by atoms with E-state index in [1.807, 2.05) is 4.90 Å². The molecule has 1 atom stereocenters. The lowest BCUT2D eigenvalue weighted by Crippen LogP contribution is -2.45. The minimum Gasteiger partial charge on any atom is -0.506 e. The molecule has 0 saturated carbocycles. The number of phenolic OH excluding ortho intramolecular Hbond substituents is 1. The van der Waals surface area contributed by atoms with Crippen molar-refractivity contribution in [1.29, 1.82) is 0 Å². The van der Waals surface area contributed by atoms with Gasteiger partial charge in [0.25, 0.3) is 0 Å². The van der Waals surface area contributed by atoms with E-state index >= 15 is 0 Å². The first kappa shape index (κ1) is 20.6. The molecule has 1 heterocycles. The Labute approximate surface area is 149 Å². The van der Waals surface area contributed by atoms with Crippen LogP contribution in [-0.2, 0) is 0 Å². The highest BCUT2D eigenvalue weighted by Crippen LogP contribution is 2.40. The van der Waals surface area contributed by atoms with Crippen LogP contribution in [-0.4, -0.2) is 42.4 Å². The van der Waals surface area contributed by atoms with E-state index in [4.69, 9.17) is 23.2 Å². The van der Waals surface area contributed by atoms with E-state index in [1.54, 1.807) is 0 Å². The highest BCUT2D eigenvalue weighted by Gasteiger charge is 2.32. The molecule has 0 aliphatic carbocycles. The van der Waals surface area contributed by atoms with Gasteiger partial charge in [-0.25, -0.2) is 0 Å². The Balaban J connectivity index is 0.00000264. The molecule has 132 valence electrons. The summed E-state index contributed by atoms with van der Waals surface area (Å²) in [5.41, 5.74) is 0.351. The van der Waals surface area contributed by atoms with E-state index in [0.717, 1.165) is 0 Å². The van der Waals surface area contributed by atoms with Gasteiger partial charge in [-0.15, -0.1) is 12.4 Å². The van der Waals surface area contributed by atoms with Crippen LogP contribution in [0.2, 0.25) is 10.0 Å². The van der Waals surface area contributed by atoms with Crippen LogP contribution in [0.3, 0.4) is 0 Å². The molecule has 1 aromatic rings. The minimum atomic E-state index is -4.25. The number of hydrogen-bond acceptors (Lipinski definition) is 3. The maximum absolute atomic E-state index is 12.6. The van der Waals surface area contributed by atoms with E-state index in [0.29, 0.717) is 36.8 Å². The maximum atomic E-state index is 12.6. The third-order valence-corrected chi connectivity index (χ3v) is 4.22. The summed E-state index contributed by atoms with van der Waals surface area (Å²) in [6.07, 6.45) is -5.32. The molecule has 2 rings (SSSR count). The normalized spacial score (nSPS) is 17.6. The number of phenols is 1. The lowest BCUT2D eigenvalue weighted by Gasteiger charge is -2.36. The summed E-state index contributed by atoms with van der Waals surface area (Å²) < 4.78 is 37.8. The van der Waals surface area contributed by atoms with Gasteiger partial charge < -0.3 is 10.4 Å². The van der Waals surface area contributed by atoms with E-state index < -0.39 is 18.6 Å². The van der Waals surface area contributed by atoms with Crippen LogP contribution < -0.4 is 5.32 Å². The van der Waals surface area contributed by atoms with Gasteiger partial charge in [-0.05, 0) is 18.6 Å². The Morgan fingerprint density at radius 1 is 1.22 bits per heavy atom. The van der Waals surface area contributed by atoms with Crippen molar-refractivity contribution in [2.24, 2.45) is 0 Å². The molecule has 23 heavy (non-hydrogen) atoms. The van der Waals surface area contributed by atoms with Crippen LogP contribution in [0.4, 0.5) is 13.2 Å². The summed E-state index contributed by atoms with van der Waals surface area (Å²) in [5, 5.41) is 13.6. The second-order valence-corrected chi connectivity index (χ2v) is 6.12. The van der Waals surface area contributed by atoms with Gasteiger partial charge in [0.15, 0.2) is 0 Å². The van der Waals surface area contributed by atoms with Crippen molar-refractivity contribution in [2.75, 3.05) is 26.2 Å². The summed E-state index contributed by atoms with van der Waals surface area (Å²) in [7, 11) is 0. The molecule has 0 amide bonds. The lowest BCUT2D eigenvalue weighted by atomic mass is 9.98. The fraction of sp³-hybridized carbons (Fsp3) is 0.571. The summed E-state index contributed by atoms with van der Waals surface area (Å²) in [4.78, 5) is 1.92. The molecule has 1 aliphatic rings. The van der Waals surface area contributed by atoms with Crippen molar-refractivity contribution < 1.29 is 18.3 Å². The van der Waals surface area contributed by atoms with Gasteiger partial charge in [-0.3, -0.25) is 4.90 Å². The Morgan fingerprint density at radius 2 is 1.83 bits per heavy atom. The van der Waals surface area contributed by atoms with Crippen molar-refractivity contribution in [3.8, 4) is 5.75 Å². The summed E-state index contributed by atoms with van der Waals surface area (Å²) in [5.74, 6) is -0.197. The van der Waals surface area contributed by atoms with Gasteiger partial charge in [0.2, 0.25) is 0 Å². The quantitative estimate of drug-likeness (QED) is 0.795. The first-order chi connectivity index (χ1) is 10.3. The van der Waals surface area contributed by atoms with Gasteiger partial charge in [-0.2, -0.15) is 13.2 Å². The predicted octanol–water partition coefficient (Wildman–Crippen LogP) is 4.41. The predicted molar refractivity (Wildman–Crippen MR) is 87.8 cm³/mol. The zero-order chi connectivity index (χ0) is 16.3. The molecule has 1 saturated heterocycles. The molecule has 9 heteroatoms. The number of halogens is 6. The first-order valence-corrected chi connectivity index (χ1v) is 7.73. The lowest BCUT2D eigenvalue weighted by molar-refractivity contribution is -0.138. The van der Waals surface area contributed by atoms with Crippen molar-refractivity contribution in [2.45, 2.75) is 25.1 Å². The van der Waals surface area contributed by atoms with Gasteiger partial charge >= 0.3 is 6.18 Å². The van der Waals surface area contributed by atoms with Crippen LogP contribution in [0, 0.1) is 0 Å². The Kier molecular flexibility index (Phi) is 7.74. The maximum Gasteiger partial charge on any atom is 0.389 e. The third kappa shape index (κ3) is 5.87. The van der Waals surface area contributed by atoms with Crippen LogP contribution in [0.5, 0.6) is 5.75 Å². The highest BCUT2D eigenvalue weighted by atomic mass is 35.5. The fourth-order valence-electron chi connectivity index (χ4n) is 2.67. The van der Waals surface area contributed by atoms with E-state index in [9.17, 15) is 18.3 Å². The topological polar surface area (TPSA) is 35.5 Å². The average molecular weight is 394 g/mol. The molecule has 1 fully saturated rings. The van der Waals surface area contributed by atoms with Crippen LogP contribution >= 0.6 is 35.6 Å². The molecule has 0 spiro atoms. The molecule has 0 bridgehead atoms. The highest BCUT2D eigenvalue weighted by molar-refractivity contribution is 6.35. The van der Waals surface area contributed by atoms with Gasteiger partial charge in [0.05, 0.1) is 5.02 Å². The molecule has 0 unspecified atom stereocenters. The Morgan fingerprint density at radius 3 is 2.39 bits per heavy atom. The monoisotopic (exact) mass is 392 g/mol. The molecule has 1 aromatic carbocycles. The second kappa shape index (κ2) is 8.62. The van der Waals surface area contributed by atoms with Crippen molar-refractivity contribution in [3.05, 3.63) is 27.7 Å². The van der Waals surface area contributed by atoms with Crippen molar-refractivity contribution in [3.63, 3.8) is 0 Å². The van der Waals surface area contributed by atoms with E-state index in [2.05, 4.69) is 5.32 Å². The fourth-order valence-corrected chi connectivity index (χ4v) is 3.18. The number of rotatable bonds is 4. The molecule has 0 aromatic heterocycles. The van der Waals surface area contributed by atoms with Gasteiger partial charge in [0, 0.05) is 49.2 Å². The summed E-state index contributed by atoms with van der Waals surface area (Å²) in [6, 6.07) is 2.30. The smallest absolute Gasteiger partial charge is 0.389 e. The number of alkyl halides is 3. The molecule has 1 aliphatic heterocycles. The number of hydrogen-bond donors (Lipinski definition) is 2. The van der Waals surface area contributed by atoms with Gasteiger partial charge in [-0.1, -0.05) is 23.2 Å². The third-order valence-electron chi connectivity index (χ3n) is 3.71. The van der Waals surface area contributed by atoms with Crippen LogP contribution in [0.25, 0.3) is 0 Å². The summed E-state index contributed by atoms with van der Waals surface area (Å²) >= 11 is 11.9. The Bertz CT molecular complexity index is 523. The summed E-state index contributed by atoms with van der Waals surface area (Å²) in [6.45, 7) is 2.59. The van der Waals surface area contributed by atoms with E-state index in [1.165, 1.54) is 12.1 Å². The number of nitrogens with zero attached hydrogens (tertiary/aromatic N) is 1. The second-order valence-electron chi connectivity index (χ2n) is 5.28. The first-order valence-electron chi connectivity index (χ1n) is 6.97. The molecule has 0 radical (unpaired) electrons. The van der Waals surface area contributed by atoms with Crippen LogP contribution in [0.1, 0.15) is 24.4 Å². The molecule has 3 nitrogen and oxygen atoms in total. The largest absolute Gasteiger partial charge is 0.506 e. The molecule has 2 N–H and O–H groups in total. The Hall–Kier alpha value is -0.400. The average Bonchev–Trinajstić information content (AvgIpc) is 2.44. The standard InChI is InChI=1S/C14H17Cl2F3N2O.ClH/c15-9-7-10(13(22)11(16)8-9)12(1-2-14(17,18)19)21-5-3-20-4-6-21;/h7-8,12,20,22H,1-6H2;1H/t12-;/m0./s1. The molecular formula is C14H18Cl3F3N2O. The van der Waals surface area contributed by atoms with Gasteiger partial charge in [0.1, 0.15) is 5.75 Å². The van der Waals surface area contributed by atoms with Crippen molar-refractivity contribution >= 4 is 35.6 Å². The zero-order valence-corrected chi connectivity index (χ0v) is 14.5. The van der Waals surface area contributed by atoms with Crippen molar-refractivity contribution in [1.82, 2.24) is 10.2 Å². The minimum absolute atomic E-state index is 0.